The SMILES string of the molecule is Cc1cc(C)c(C(=O)c2c(C)ccc(C)c2C(=O)O)s1. The number of rotatable bonds is 3. The Kier molecular flexibility index (Phi) is 3.77. The van der Waals surface area contributed by atoms with E-state index in [-0.39, 0.29) is 11.3 Å². The topological polar surface area (TPSA) is 54.4 Å². The Morgan fingerprint density at radius 2 is 1.50 bits per heavy atom. The number of aromatic carboxylic acids is 1. The van der Waals surface area contributed by atoms with Crippen molar-refractivity contribution in [1.82, 2.24) is 0 Å². The van der Waals surface area contributed by atoms with Crippen LogP contribution in [0.3, 0.4) is 0 Å². The molecule has 20 heavy (non-hydrogen) atoms. The van der Waals surface area contributed by atoms with Crippen LogP contribution in [0.1, 0.15) is 47.2 Å². The molecule has 1 aromatic heterocycles. The minimum Gasteiger partial charge on any atom is -0.478 e. The smallest absolute Gasteiger partial charge is 0.336 e. The number of carboxylic acids is 1. The van der Waals surface area contributed by atoms with E-state index >= 15 is 0 Å². The summed E-state index contributed by atoms with van der Waals surface area (Å²) < 4.78 is 0. The Hall–Kier alpha value is -1.94. The molecule has 4 heteroatoms. The van der Waals surface area contributed by atoms with E-state index in [0.717, 1.165) is 10.4 Å². The highest BCUT2D eigenvalue weighted by atomic mass is 32.1. The second kappa shape index (κ2) is 5.21. The molecule has 0 bridgehead atoms. The molecule has 3 nitrogen and oxygen atoms in total. The van der Waals surface area contributed by atoms with Gasteiger partial charge in [0.15, 0.2) is 0 Å². The van der Waals surface area contributed by atoms with E-state index in [1.807, 2.05) is 19.9 Å². The fourth-order valence-electron chi connectivity index (χ4n) is 2.36. The standard InChI is InChI=1S/C16H16O3S/c1-8-5-6-9(2)13(16(18)19)12(8)14(17)15-10(3)7-11(4)20-15/h5-7H,1-4H3,(H,18,19). The summed E-state index contributed by atoms with van der Waals surface area (Å²) in [7, 11) is 0. The van der Waals surface area contributed by atoms with Gasteiger partial charge < -0.3 is 5.11 Å². The maximum Gasteiger partial charge on any atom is 0.336 e. The third-order valence-electron chi connectivity index (χ3n) is 3.31. The van der Waals surface area contributed by atoms with Gasteiger partial charge in [-0.25, -0.2) is 4.79 Å². The van der Waals surface area contributed by atoms with Gasteiger partial charge >= 0.3 is 5.97 Å². The Balaban J connectivity index is 2.69. The second-order valence-electron chi connectivity index (χ2n) is 4.95. The fourth-order valence-corrected chi connectivity index (χ4v) is 3.33. The van der Waals surface area contributed by atoms with Gasteiger partial charge in [0.2, 0.25) is 5.78 Å². The lowest BCUT2D eigenvalue weighted by Gasteiger charge is -2.11. The molecule has 0 spiro atoms. The van der Waals surface area contributed by atoms with Gasteiger partial charge in [0.05, 0.1) is 10.4 Å². The monoisotopic (exact) mass is 288 g/mol. The first-order valence-electron chi connectivity index (χ1n) is 6.28. The van der Waals surface area contributed by atoms with Crippen molar-refractivity contribution in [1.29, 1.82) is 0 Å². The number of carbonyl (C=O) groups is 2. The molecule has 0 aliphatic carbocycles. The average Bonchev–Trinajstić information content (AvgIpc) is 2.69. The molecular formula is C16H16O3S. The zero-order chi connectivity index (χ0) is 15.0. The summed E-state index contributed by atoms with van der Waals surface area (Å²) in [6.07, 6.45) is 0. The van der Waals surface area contributed by atoms with Gasteiger partial charge in [-0.15, -0.1) is 11.3 Å². The van der Waals surface area contributed by atoms with Crippen LogP contribution in [0.15, 0.2) is 18.2 Å². The van der Waals surface area contributed by atoms with Crippen LogP contribution in [0.25, 0.3) is 0 Å². The Labute approximate surface area is 121 Å². The van der Waals surface area contributed by atoms with Gasteiger partial charge in [0.25, 0.3) is 0 Å². The van der Waals surface area contributed by atoms with Gasteiger partial charge in [-0.05, 0) is 50.5 Å². The molecule has 0 atom stereocenters. The molecule has 104 valence electrons. The second-order valence-corrected chi connectivity index (χ2v) is 6.21. The van der Waals surface area contributed by atoms with Gasteiger partial charge in [-0.2, -0.15) is 0 Å². The van der Waals surface area contributed by atoms with Crippen LogP contribution in [-0.2, 0) is 0 Å². The van der Waals surface area contributed by atoms with Gasteiger partial charge in [-0.3, -0.25) is 4.79 Å². The van der Waals surface area contributed by atoms with Gasteiger partial charge in [-0.1, -0.05) is 12.1 Å². The predicted molar refractivity (Wildman–Crippen MR) is 80.1 cm³/mol. The zero-order valence-electron chi connectivity index (χ0n) is 11.9. The van der Waals surface area contributed by atoms with E-state index in [2.05, 4.69) is 0 Å². The Morgan fingerprint density at radius 3 is 1.95 bits per heavy atom. The molecule has 0 saturated carbocycles. The van der Waals surface area contributed by atoms with Crippen LogP contribution >= 0.6 is 11.3 Å². The number of benzene rings is 1. The van der Waals surface area contributed by atoms with Crippen LogP contribution < -0.4 is 0 Å². The quantitative estimate of drug-likeness (QED) is 0.871. The van der Waals surface area contributed by atoms with E-state index in [9.17, 15) is 14.7 Å². The summed E-state index contributed by atoms with van der Waals surface area (Å²) in [5, 5.41) is 9.39. The van der Waals surface area contributed by atoms with E-state index in [1.165, 1.54) is 11.3 Å². The van der Waals surface area contributed by atoms with Crippen molar-refractivity contribution in [2.45, 2.75) is 27.7 Å². The van der Waals surface area contributed by atoms with E-state index in [4.69, 9.17) is 0 Å². The summed E-state index contributed by atoms with van der Waals surface area (Å²) >= 11 is 1.41. The molecule has 0 saturated heterocycles. The number of thiophene rings is 1. The molecule has 0 radical (unpaired) electrons. The molecule has 0 fully saturated rings. The van der Waals surface area contributed by atoms with Crippen molar-refractivity contribution in [2.75, 3.05) is 0 Å². The maximum absolute atomic E-state index is 12.7. The predicted octanol–water partition coefficient (Wildman–Crippen LogP) is 3.91. The molecule has 0 aliphatic heterocycles. The molecule has 0 unspecified atom stereocenters. The molecule has 2 aromatic rings. The van der Waals surface area contributed by atoms with Crippen molar-refractivity contribution in [3.8, 4) is 0 Å². The molecule has 0 amide bonds. The molecule has 2 rings (SSSR count). The first-order chi connectivity index (χ1) is 9.32. The average molecular weight is 288 g/mol. The zero-order valence-corrected chi connectivity index (χ0v) is 12.7. The van der Waals surface area contributed by atoms with Crippen LogP contribution in [0.5, 0.6) is 0 Å². The number of ketones is 1. The normalized spacial score (nSPS) is 10.6. The van der Waals surface area contributed by atoms with Crippen LogP contribution in [-0.4, -0.2) is 16.9 Å². The minimum absolute atomic E-state index is 0.112. The molecule has 1 heterocycles. The molecule has 0 aliphatic rings. The molecule has 1 aromatic carbocycles. The van der Waals surface area contributed by atoms with Crippen molar-refractivity contribution in [2.24, 2.45) is 0 Å². The molecular weight excluding hydrogens is 272 g/mol. The third kappa shape index (κ3) is 2.39. The first kappa shape index (κ1) is 14.5. The van der Waals surface area contributed by atoms with E-state index in [0.29, 0.717) is 21.6 Å². The summed E-state index contributed by atoms with van der Waals surface area (Å²) in [5.74, 6) is -1.25. The third-order valence-corrected chi connectivity index (χ3v) is 4.46. The minimum atomic E-state index is -1.06. The highest BCUT2D eigenvalue weighted by Crippen LogP contribution is 2.28. The lowest BCUT2D eigenvalue weighted by molar-refractivity contribution is 0.0692. The van der Waals surface area contributed by atoms with Crippen LogP contribution in [0.4, 0.5) is 0 Å². The summed E-state index contributed by atoms with van der Waals surface area (Å²) in [4.78, 5) is 25.9. The number of carboxylic acid groups (broad SMARTS) is 1. The number of hydrogen-bond acceptors (Lipinski definition) is 3. The van der Waals surface area contributed by atoms with Gasteiger partial charge in [0, 0.05) is 10.4 Å². The molecule has 1 N–H and O–H groups in total. The first-order valence-corrected chi connectivity index (χ1v) is 7.09. The number of hydrogen-bond donors (Lipinski definition) is 1. The van der Waals surface area contributed by atoms with Crippen molar-refractivity contribution in [3.05, 3.63) is 55.8 Å². The summed E-state index contributed by atoms with van der Waals surface area (Å²) in [6, 6.07) is 5.48. The van der Waals surface area contributed by atoms with E-state index < -0.39 is 5.97 Å². The lowest BCUT2D eigenvalue weighted by atomic mass is 9.93. The highest BCUT2D eigenvalue weighted by Gasteiger charge is 2.24. The largest absolute Gasteiger partial charge is 0.478 e. The van der Waals surface area contributed by atoms with Crippen molar-refractivity contribution in [3.63, 3.8) is 0 Å². The number of carbonyl (C=O) groups excluding carboxylic acids is 1. The fraction of sp³-hybridized carbons (Fsp3) is 0.250. The Morgan fingerprint density at radius 1 is 0.950 bits per heavy atom. The summed E-state index contributed by atoms with van der Waals surface area (Å²) in [6.45, 7) is 7.30. The summed E-state index contributed by atoms with van der Waals surface area (Å²) in [5.41, 5.74) is 2.62. The van der Waals surface area contributed by atoms with Crippen LogP contribution in [0.2, 0.25) is 0 Å². The van der Waals surface area contributed by atoms with E-state index in [1.54, 1.807) is 26.0 Å². The van der Waals surface area contributed by atoms with Crippen molar-refractivity contribution >= 4 is 23.1 Å². The van der Waals surface area contributed by atoms with Gasteiger partial charge in [0.1, 0.15) is 0 Å². The highest BCUT2D eigenvalue weighted by molar-refractivity contribution is 7.14. The number of aryl methyl sites for hydroxylation is 4. The van der Waals surface area contributed by atoms with Crippen molar-refractivity contribution < 1.29 is 14.7 Å². The lowest BCUT2D eigenvalue weighted by Crippen LogP contribution is -2.13. The Bertz CT molecular complexity index is 711. The maximum atomic E-state index is 12.7. The van der Waals surface area contributed by atoms with Crippen LogP contribution in [0, 0.1) is 27.7 Å².